The minimum atomic E-state index is -1.26. The Morgan fingerprint density at radius 3 is 2.25 bits per heavy atom. The quantitative estimate of drug-likeness (QED) is 0.273. The Morgan fingerprint density at radius 1 is 0.944 bits per heavy atom. The van der Waals surface area contributed by atoms with Gasteiger partial charge in [-0.1, -0.05) is 69.0 Å². The summed E-state index contributed by atoms with van der Waals surface area (Å²) in [7, 11) is 0. The molecule has 0 saturated heterocycles. The molecule has 0 aromatic heterocycles. The summed E-state index contributed by atoms with van der Waals surface area (Å²) < 4.78 is 6.03. The summed E-state index contributed by atoms with van der Waals surface area (Å²) in [4.78, 5) is 24.1. The third-order valence-electron chi connectivity index (χ3n) is 5.52. The van der Waals surface area contributed by atoms with Gasteiger partial charge in [-0.3, -0.25) is 4.99 Å². The second-order valence-electron chi connectivity index (χ2n) is 9.32. The molecule has 2 aromatic carbocycles. The summed E-state index contributed by atoms with van der Waals surface area (Å²) in [6.45, 7) is 7.46. The van der Waals surface area contributed by atoms with Crippen LogP contribution in [0.5, 0.6) is 5.75 Å². The van der Waals surface area contributed by atoms with Crippen LogP contribution in [0, 0.1) is 0 Å². The second-order valence-corrected chi connectivity index (χ2v) is 9.32. The highest BCUT2D eigenvalue weighted by Crippen LogP contribution is 2.30. The first-order chi connectivity index (χ1) is 17.2. The number of benzene rings is 2. The van der Waals surface area contributed by atoms with Crippen molar-refractivity contribution >= 4 is 23.7 Å². The number of rotatable bonds is 11. The maximum absolute atomic E-state index is 9.55. The Hall–Kier alpha value is -3.67. The van der Waals surface area contributed by atoms with Crippen molar-refractivity contribution < 1.29 is 24.5 Å². The van der Waals surface area contributed by atoms with Crippen molar-refractivity contribution in [2.24, 2.45) is 4.99 Å². The van der Waals surface area contributed by atoms with Gasteiger partial charge in [0.15, 0.2) is 0 Å². The van der Waals surface area contributed by atoms with E-state index in [4.69, 9.17) is 19.9 Å². The van der Waals surface area contributed by atoms with Gasteiger partial charge in [0.1, 0.15) is 5.75 Å². The van der Waals surface area contributed by atoms with Gasteiger partial charge in [-0.15, -0.1) is 0 Å². The summed E-state index contributed by atoms with van der Waals surface area (Å²) in [6.07, 6.45) is 12.7. The van der Waals surface area contributed by atoms with Crippen LogP contribution >= 0.6 is 0 Å². The van der Waals surface area contributed by atoms with Crippen LogP contribution in [0.3, 0.4) is 0 Å². The van der Waals surface area contributed by atoms with Gasteiger partial charge in [-0.25, -0.2) is 9.59 Å². The zero-order valence-electron chi connectivity index (χ0n) is 21.4. The van der Waals surface area contributed by atoms with Crippen molar-refractivity contribution in [2.45, 2.75) is 64.8 Å². The average molecular weight is 492 g/mol. The smallest absolute Gasteiger partial charge is 0.328 e. The molecular formula is C30H37NO5. The van der Waals surface area contributed by atoms with E-state index in [9.17, 15) is 9.59 Å². The lowest BCUT2D eigenvalue weighted by Gasteiger charge is -2.28. The number of carboxylic acid groups (broad SMARTS) is 2. The molecule has 6 nitrogen and oxygen atoms in total. The molecule has 0 radical (unpaired) electrons. The summed E-state index contributed by atoms with van der Waals surface area (Å²) in [6, 6.07) is 16.9. The van der Waals surface area contributed by atoms with Gasteiger partial charge in [0.25, 0.3) is 0 Å². The molecule has 0 spiro atoms. The molecule has 192 valence electrons. The fourth-order valence-electron chi connectivity index (χ4n) is 3.85. The van der Waals surface area contributed by atoms with Gasteiger partial charge >= 0.3 is 11.9 Å². The minimum absolute atomic E-state index is 0.0951. The third kappa shape index (κ3) is 10.7. The fourth-order valence-corrected chi connectivity index (χ4v) is 3.85. The summed E-state index contributed by atoms with van der Waals surface area (Å²) in [5.74, 6) is -1.53. The van der Waals surface area contributed by atoms with Crippen LogP contribution in [-0.4, -0.2) is 40.0 Å². The number of carboxylic acids is 2. The molecule has 3 rings (SSSR count). The first-order valence-electron chi connectivity index (χ1n) is 12.4. The molecule has 0 saturated carbocycles. The number of nitrogens with zero attached hydrogens (tertiary/aromatic N) is 1. The van der Waals surface area contributed by atoms with Crippen LogP contribution in [-0.2, 0) is 16.0 Å². The van der Waals surface area contributed by atoms with E-state index in [1.54, 1.807) is 0 Å². The molecule has 0 aliphatic carbocycles. The highest BCUT2D eigenvalue weighted by atomic mass is 16.5. The number of fused-ring (bicyclic) bond motifs is 1. The Morgan fingerprint density at radius 2 is 1.61 bits per heavy atom. The van der Waals surface area contributed by atoms with Crippen LogP contribution in [0.25, 0.3) is 6.08 Å². The van der Waals surface area contributed by atoms with Crippen LogP contribution in [0.15, 0.2) is 71.8 Å². The molecule has 0 fully saturated rings. The number of allylic oxidation sites excluding steroid dienone is 1. The molecule has 1 aliphatic heterocycles. The number of unbranched alkanes of at least 4 members (excludes halogenated alkanes) is 4. The number of hydrogen-bond acceptors (Lipinski definition) is 4. The molecular weight excluding hydrogens is 454 g/mol. The standard InChI is InChI=1S/C26H33NO.C4H4O4/c1-4-5-6-7-11-18-28-23-15-16-24-22(19-23)20-26(2,3)27-25(24)17-14-21-12-9-8-10-13-21;5-3(6)1-2-4(7)8/h8-10,12-17,19H,4-7,11,18,20H2,1-3H3;1-2H,(H,5,6)(H,7,8)/b;2-1+. The molecule has 1 aliphatic rings. The van der Waals surface area contributed by atoms with Crippen LogP contribution in [0.4, 0.5) is 0 Å². The Labute approximate surface area is 214 Å². The summed E-state index contributed by atoms with van der Waals surface area (Å²) in [5.41, 5.74) is 4.71. The molecule has 2 aromatic rings. The van der Waals surface area contributed by atoms with Crippen molar-refractivity contribution in [3.8, 4) is 5.75 Å². The zero-order chi connectivity index (χ0) is 26.4. The second kappa shape index (κ2) is 14.7. The molecule has 2 N–H and O–H groups in total. The Kier molecular flexibility index (Phi) is 11.6. The van der Waals surface area contributed by atoms with Gasteiger partial charge in [-0.05, 0) is 62.1 Å². The first kappa shape index (κ1) is 28.6. The Bertz CT molecular complexity index is 1070. The topological polar surface area (TPSA) is 96.2 Å². The predicted octanol–water partition coefficient (Wildman–Crippen LogP) is 6.58. The largest absolute Gasteiger partial charge is 0.494 e. The van der Waals surface area contributed by atoms with Gasteiger partial charge in [-0.2, -0.15) is 0 Å². The van der Waals surface area contributed by atoms with Crippen molar-refractivity contribution in [1.29, 1.82) is 0 Å². The lowest BCUT2D eigenvalue weighted by Crippen LogP contribution is -2.28. The number of ether oxygens (including phenoxy) is 1. The van der Waals surface area contributed by atoms with Crippen LogP contribution < -0.4 is 4.74 Å². The number of aliphatic imine (C=N–C) groups is 1. The van der Waals surface area contributed by atoms with E-state index >= 15 is 0 Å². The Balaban J connectivity index is 0.000000493. The molecule has 0 amide bonds. The van der Waals surface area contributed by atoms with Gasteiger partial charge < -0.3 is 14.9 Å². The predicted molar refractivity (Wildman–Crippen MR) is 145 cm³/mol. The van der Waals surface area contributed by atoms with Gasteiger partial charge in [0, 0.05) is 17.7 Å². The molecule has 1 heterocycles. The van der Waals surface area contributed by atoms with Crippen LogP contribution in [0.1, 0.15) is 69.6 Å². The number of hydrogen-bond donors (Lipinski definition) is 2. The highest BCUT2D eigenvalue weighted by Gasteiger charge is 2.26. The monoisotopic (exact) mass is 491 g/mol. The van der Waals surface area contributed by atoms with Crippen LogP contribution in [0.2, 0.25) is 0 Å². The first-order valence-corrected chi connectivity index (χ1v) is 12.4. The number of carbonyl (C=O) groups is 2. The molecule has 0 unspecified atom stereocenters. The minimum Gasteiger partial charge on any atom is -0.494 e. The lowest BCUT2D eigenvalue weighted by atomic mass is 9.86. The number of aliphatic carboxylic acids is 2. The molecule has 6 heteroatoms. The van der Waals surface area contributed by atoms with Gasteiger partial charge in [0.05, 0.1) is 17.9 Å². The highest BCUT2D eigenvalue weighted by molar-refractivity contribution is 6.12. The lowest BCUT2D eigenvalue weighted by molar-refractivity contribution is -0.134. The molecule has 0 bridgehead atoms. The van der Waals surface area contributed by atoms with E-state index < -0.39 is 11.9 Å². The van der Waals surface area contributed by atoms with E-state index in [1.807, 2.05) is 6.07 Å². The van der Waals surface area contributed by atoms with Crippen molar-refractivity contribution in [3.05, 3.63) is 83.4 Å². The fraction of sp³-hybridized carbons (Fsp3) is 0.367. The van der Waals surface area contributed by atoms with Crippen molar-refractivity contribution in [3.63, 3.8) is 0 Å². The average Bonchev–Trinajstić information content (AvgIpc) is 2.83. The van der Waals surface area contributed by atoms with E-state index in [-0.39, 0.29) is 5.54 Å². The summed E-state index contributed by atoms with van der Waals surface area (Å²) >= 11 is 0. The maximum atomic E-state index is 9.55. The SMILES string of the molecule is CCCCCCCOc1ccc2c(c1)CC(C)(C)N=C2C=Cc1ccccc1.O=C(O)/C=C/C(=O)O. The van der Waals surface area contributed by atoms with Crippen molar-refractivity contribution in [1.82, 2.24) is 0 Å². The normalized spacial score (nSPS) is 14.0. The van der Waals surface area contributed by atoms with E-state index in [0.717, 1.165) is 30.9 Å². The van der Waals surface area contributed by atoms with E-state index in [0.29, 0.717) is 12.2 Å². The zero-order valence-corrected chi connectivity index (χ0v) is 21.4. The van der Waals surface area contributed by atoms with Gasteiger partial charge in [0.2, 0.25) is 0 Å². The van der Waals surface area contributed by atoms with E-state index in [2.05, 4.69) is 75.4 Å². The maximum Gasteiger partial charge on any atom is 0.328 e. The van der Waals surface area contributed by atoms with E-state index in [1.165, 1.54) is 42.4 Å². The molecule has 0 atom stereocenters. The molecule has 36 heavy (non-hydrogen) atoms. The third-order valence-corrected chi connectivity index (χ3v) is 5.52. The summed E-state index contributed by atoms with van der Waals surface area (Å²) in [5, 5.41) is 15.6. The van der Waals surface area contributed by atoms with Crippen molar-refractivity contribution in [2.75, 3.05) is 6.61 Å².